The summed E-state index contributed by atoms with van der Waals surface area (Å²) in [5.74, 6) is 0.419. The predicted molar refractivity (Wildman–Crippen MR) is 93.1 cm³/mol. The first-order valence-electron chi connectivity index (χ1n) is 7.98. The summed E-state index contributed by atoms with van der Waals surface area (Å²) < 4.78 is 0. The third kappa shape index (κ3) is 4.77. The van der Waals surface area contributed by atoms with Crippen LogP contribution in [0.1, 0.15) is 48.4 Å². The average Bonchev–Trinajstić information content (AvgIpc) is 2.46. The van der Waals surface area contributed by atoms with Crippen LogP contribution in [0.15, 0.2) is 30.3 Å². The topological polar surface area (TPSA) is 66.9 Å². The zero-order valence-corrected chi connectivity index (χ0v) is 14.2. The second-order valence-electron chi connectivity index (χ2n) is 5.81. The maximum atomic E-state index is 12.5. The molecule has 1 aromatic heterocycles. The molecule has 1 amide bonds. The molecule has 1 heterocycles. The second kappa shape index (κ2) is 7.72. The Bertz CT molecular complexity index is 664. The van der Waals surface area contributed by atoms with Crippen LogP contribution >= 0.6 is 0 Å². The Balaban J connectivity index is 2.21. The van der Waals surface area contributed by atoms with Crippen molar-refractivity contribution in [2.24, 2.45) is 0 Å². The molecule has 23 heavy (non-hydrogen) atoms. The first-order chi connectivity index (χ1) is 11.0. The smallest absolute Gasteiger partial charge is 0.253 e. The van der Waals surface area contributed by atoms with E-state index in [1.807, 2.05) is 45.0 Å². The minimum absolute atomic E-state index is 0.0848. The van der Waals surface area contributed by atoms with Gasteiger partial charge in [-0.2, -0.15) is 0 Å². The summed E-state index contributed by atoms with van der Waals surface area (Å²) in [4.78, 5) is 21.2. The van der Waals surface area contributed by atoms with Crippen LogP contribution in [0.25, 0.3) is 0 Å². The second-order valence-corrected chi connectivity index (χ2v) is 5.81. The fourth-order valence-corrected chi connectivity index (χ4v) is 2.50. The summed E-state index contributed by atoms with van der Waals surface area (Å²) in [6.45, 7) is 7.97. The van der Waals surface area contributed by atoms with Crippen LogP contribution in [-0.2, 0) is 0 Å². The van der Waals surface area contributed by atoms with E-state index in [1.165, 1.54) is 0 Å². The molecule has 0 aliphatic rings. The van der Waals surface area contributed by atoms with E-state index < -0.39 is 0 Å². The van der Waals surface area contributed by atoms with Gasteiger partial charge in [0.2, 0.25) is 5.95 Å². The van der Waals surface area contributed by atoms with Crippen molar-refractivity contribution in [2.75, 3.05) is 5.32 Å². The standard InChI is InChI=1S/C18H24N4O/c1-5-8-12(2)19-17(23)15-9-6-7-10-16(15)22-18-20-13(3)11-14(4)21-18/h6-7,9-12H,5,8H2,1-4H3,(H,19,23)(H,20,21,22)/t12-/m0/s1. The van der Waals surface area contributed by atoms with Crippen molar-refractivity contribution in [1.29, 1.82) is 0 Å². The molecule has 2 rings (SSSR count). The molecule has 0 bridgehead atoms. The third-order valence-corrected chi connectivity index (χ3v) is 3.50. The van der Waals surface area contributed by atoms with E-state index in [0.717, 1.165) is 24.2 Å². The number of carbonyl (C=O) groups excluding carboxylic acids is 1. The molecule has 1 atom stereocenters. The molecule has 122 valence electrons. The van der Waals surface area contributed by atoms with Crippen LogP contribution in [0.5, 0.6) is 0 Å². The lowest BCUT2D eigenvalue weighted by atomic mass is 10.1. The third-order valence-electron chi connectivity index (χ3n) is 3.50. The number of nitrogens with zero attached hydrogens (tertiary/aromatic N) is 2. The molecular weight excluding hydrogens is 288 g/mol. The van der Waals surface area contributed by atoms with Crippen LogP contribution in [0, 0.1) is 13.8 Å². The first kappa shape index (κ1) is 16.9. The number of hydrogen-bond acceptors (Lipinski definition) is 4. The van der Waals surface area contributed by atoms with E-state index in [9.17, 15) is 4.79 Å². The Labute approximate surface area is 137 Å². The van der Waals surface area contributed by atoms with Crippen LogP contribution in [0.4, 0.5) is 11.6 Å². The van der Waals surface area contributed by atoms with Crippen molar-refractivity contribution in [3.8, 4) is 0 Å². The number of rotatable bonds is 6. The van der Waals surface area contributed by atoms with Gasteiger partial charge in [-0.05, 0) is 45.4 Å². The number of nitrogens with one attached hydrogen (secondary N) is 2. The van der Waals surface area contributed by atoms with Crippen molar-refractivity contribution in [2.45, 2.75) is 46.6 Å². The van der Waals surface area contributed by atoms with Gasteiger partial charge in [0.15, 0.2) is 0 Å². The fraction of sp³-hybridized carbons (Fsp3) is 0.389. The molecule has 0 saturated heterocycles. The number of para-hydroxylation sites is 1. The van der Waals surface area contributed by atoms with Gasteiger partial charge in [-0.25, -0.2) is 9.97 Å². The van der Waals surface area contributed by atoms with E-state index in [1.54, 1.807) is 6.07 Å². The molecule has 0 aliphatic heterocycles. The number of carbonyl (C=O) groups is 1. The predicted octanol–water partition coefficient (Wildman–Crippen LogP) is 3.76. The quantitative estimate of drug-likeness (QED) is 0.852. The lowest BCUT2D eigenvalue weighted by Gasteiger charge is -2.15. The maximum Gasteiger partial charge on any atom is 0.253 e. The molecule has 0 spiro atoms. The van der Waals surface area contributed by atoms with Gasteiger partial charge in [0, 0.05) is 17.4 Å². The van der Waals surface area contributed by atoms with Gasteiger partial charge in [0.1, 0.15) is 0 Å². The van der Waals surface area contributed by atoms with Crippen molar-refractivity contribution in [3.05, 3.63) is 47.3 Å². The lowest BCUT2D eigenvalue weighted by molar-refractivity contribution is 0.0939. The molecular formula is C18H24N4O. The molecule has 2 N–H and O–H groups in total. The molecule has 0 fully saturated rings. The number of amides is 1. The highest BCUT2D eigenvalue weighted by atomic mass is 16.1. The number of aryl methyl sites for hydroxylation is 2. The molecule has 5 heteroatoms. The first-order valence-corrected chi connectivity index (χ1v) is 7.98. The fourth-order valence-electron chi connectivity index (χ4n) is 2.50. The Kier molecular flexibility index (Phi) is 5.68. The van der Waals surface area contributed by atoms with E-state index in [2.05, 4.69) is 27.5 Å². The Morgan fingerprint density at radius 2 is 1.83 bits per heavy atom. The Morgan fingerprint density at radius 3 is 2.48 bits per heavy atom. The highest BCUT2D eigenvalue weighted by Crippen LogP contribution is 2.19. The van der Waals surface area contributed by atoms with Crippen LogP contribution in [-0.4, -0.2) is 21.9 Å². The van der Waals surface area contributed by atoms with Crippen LogP contribution in [0.2, 0.25) is 0 Å². The van der Waals surface area contributed by atoms with Gasteiger partial charge in [0.05, 0.1) is 11.3 Å². The van der Waals surface area contributed by atoms with E-state index in [-0.39, 0.29) is 11.9 Å². The Hall–Kier alpha value is -2.43. The number of benzene rings is 1. The largest absolute Gasteiger partial charge is 0.350 e. The zero-order chi connectivity index (χ0) is 16.8. The van der Waals surface area contributed by atoms with E-state index in [0.29, 0.717) is 17.2 Å². The molecule has 5 nitrogen and oxygen atoms in total. The normalized spacial score (nSPS) is 11.8. The summed E-state index contributed by atoms with van der Waals surface area (Å²) in [5.41, 5.74) is 3.08. The molecule has 0 aliphatic carbocycles. The van der Waals surface area contributed by atoms with Crippen molar-refractivity contribution in [1.82, 2.24) is 15.3 Å². The minimum Gasteiger partial charge on any atom is -0.350 e. The van der Waals surface area contributed by atoms with Gasteiger partial charge in [-0.1, -0.05) is 25.5 Å². The zero-order valence-electron chi connectivity index (χ0n) is 14.2. The van der Waals surface area contributed by atoms with Gasteiger partial charge in [-0.15, -0.1) is 0 Å². The summed E-state index contributed by atoms with van der Waals surface area (Å²) in [6, 6.07) is 9.47. The minimum atomic E-state index is -0.0848. The van der Waals surface area contributed by atoms with E-state index >= 15 is 0 Å². The molecule has 2 aromatic rings. The highest BCUT2D eigenvalue weighted by Gasteiger charge is 2.14. The summed E-state index contributed by atoms with van der Waals surface area (Å²) in [6.07, 6.45) is 2.00. The molecule has 1 aromatic carbocycles. The highest BCUT2D eigenvalue weighted by molar-refractivity contribution is 6.00. The average molecular weight is 312 g/mol. The number of aromatic nitrogens is 2. The lowest BCUT2D eigenvalue weighted by Crippen LogP contribution is -2.32. The Morgan fingerprint density at radius 1 is 1.17 bits per heavy atom. The summed E-state index contributed by atoms with van der Waals surface area (Å²) in [7, 11) is 0. The number of hydrogen-bond donors (Lipinski definition) is 2. The monoisotopic (exact) mass is 312 g/mol. The van der Waals surface area contributed by atoms with Gasteiger partial charge in [-0.3, -0.25) is 4.79 Å². The summed E-state index contributed by atoms with van der Waals surface area (Å²) in [5, 5.41) is 6.18. The van der Waals surface area contributed by atoms with Crippen LogP contribution < -0.4 is 10.6 Å². The maximum absolute atomic E-state index is 12.5. The van der Waals surface area contributed by atoms with Crippen LogP contribution in [0.3, 0.4) is 0 Å². The van der Waals surface area contributed by atoms with Gasteiger partial charge >= 0.3 is 0 Å². The van der Waals surface area contributed by atoms with Crippen molar-refractivity contribution in [3.63, 3.8) is 0 Å². The van der Waals surface area contributed by atoms with Crippen molar-refractivity contribution >= 4 is 17.5 Å². The summed E-state index contributed by atoms with van der Waals surface area (Å²) >= 11 is 0. The van der Waals surface area contributed by atoms with Gasteiger partial charge < -0.3 is 10.6 Å². The van der Waals surface area contributed by atoms with E-state index in [4.69, 9.17) is 0 Å². The molecule has 0 radical (unpaired) electrons. The van der Waals surface area contributed by atoms with Gasteiger partial charge in [0.25, 0.3) is 5.91 Å². The molecule has 0 saturated carbocycles. The van der Waals surface area contributed by atoms with Crippen molar-refractivity contribution < 1.29 is 4.79 Å². The SMILES string of the molecule is CCC[C@H](C)NC(=O)c1ccccc1Nc1nc(C)cc(C)n1. The number of anilines is 2. The molecule has 0 unspecified atom stereocenters.